The van der Waals surface area contributed by atoms with Crippen molar-refractivity contribution in [2.45, 2.75) is 13.5 Å². The Kier molecular flexibility index (Phi) is 3.74. The van der Waals surface area contributed by atoms with Crippen LogP contribution >= 0.6 is 15.9 Å². The first kappa shape index (κ1) is 11.4. The van der Waals surface area contributed by atoms with Crippen molar-refractivity contribution in [1.29, 1.82) is 0 Å². The zero-order valence-corrected chi connectivity index (χ0v) is 10.6. The maximum atomic E-state index is 5.40. The summed E-state index contributed by atoms with van der Waals surface area (Å²) in [7, 11) is 0. The summed E-state index contributed by atoms with van der Waals surface area (Å²) in [6.45, 7) is 3.87. The van der Waals surface area contributed by atoms with Gasteiger partial charge in [-0.3, -0.25) is 4.98 Å². The molecule has 0 amide bonds. The summed E-state index contributed by atoms with van der Waals surface area (Å²) in [6.07, 6.45) is 5.33. The Morgan fingerprint density at radius 2 is 2.31 bits per heavy atom. The Morgan fingerprint density at radius 3 is 3.00 bits per heavy atom. The summed E-state index contributed by atoms with van der Waals surface area (Å²) in [5.41, 5.74) is 2.15. The minimum Gasteiger partial charge on any atom is -0.463 e. The van der Waals surface area contributed by atoms with Gasteiger partial charge in [0.2, 0.25) is 0 Å². The van der Waals surface area contributed by atoms with Crippen molar-refractivity contribution in [3.05, 3.63) is 40.8 Å². The van der Waals surface area contributed by atoms with Crippen LogP contribution in [0.5, 0.6) is 0 Å². The lowest BCUT2D eigenvalue weighted by Gasteiger charge is -2.03. The molecule has 0 aliphatic heterocycles. The topological polar surface area (TPSA) is 38.1 Å². The maximum absolute atomic E-state index is 5.40. The van der Waals surface area contributed by atoms with E-state index < -0.39 is 0 Å². The maximum Gasteiger partial charge on any atom is 0.149 e. The fourth-order valence-corrected chi connectivity index (χ4v) is 1.91. The zero-order valence-electron chi connectivity index (χ0n) is 9.03. The summed E-state index contributed by atoms with van der Waals surface area (Å²) in [5.74, 6) is 0.825. The standard InChI is InChI=1S/C12H13BrN2O/c1-2-14-6-9-5-10(8-15-7-9)12-11(13)3-4-16-12/h3-5,7-8,14H,2,6H2,1H3. The third-order valence-electron chi connectivity index (χ3n) is 2.25. The van der Waals surface area contributed by atoms with Crippen molar-refractivity contribution in [2.75, 3.05) is 6.54 Å². The molecule has 0 unspecified atom stereocenters. The van der Waals surface area contributed by atoms with Crippen LogP contribution in [-0.4, -0.2) is 11.5 Å². The van der Waals surface area contributed by atoms with Crippen molar-refractivity contribution in [3.63, 3.8) is 0 Å². The first-order chi connectivity index (χ1) is 7.81. The monoisotopic (exact) mass is 280 g/mol. The number of pyridine rings is 1. The van der Waals surface area contributed by atoms with Crippen LogP contribution in [0.2, 0.25) is 0 Å². The van der Waals surface area contributed by atoms with Gasteiger partial charge in [-0.05, 0) is 40.2 Å². The number of nitrogens with one attached hydrogen (secondary N) is 1. The zero-order chi connectivity index (χ0) is 11.4. The summed E-state index contributed by atoms with van der Waals surface area (Å²) in [6, 6.07) is 3.96. The molecule has 4 heteroatoms. The largest absolute Gasteiger partial charge is 0.463 e. The molecule has 2 heterocycles. The third kappa shape index (κ3) is 2.51. The van der Waals surface area contributed by atoms with Gasteiger partial charge in [0, 0.05) is 24.5 Å². The molecule has 0 saturated carbocycles. The Hall–Kier alpha value is -1.13. The van der Waals surface area contributed by atoms with Gasteiger partial charge in [0.25, 0.3) is 0 Å². The second kappa shape index (κ2) is 5.27. The number of halogens is 1. The minimum atomic E-state index is 0.825. The molecule has 0 bridgehead atoms. The summed E-state index contributed by atoms with van der Waals surface area (Å²) in [4.78, 5) is 4.21. The van der Waals surface area contributed by atoms with Crippen LogP contribution in [-0.2, 0) is 6.54 Å². The van der Waals surface area contributed by atoms with E-state index in [4.69, 9.17) is 4.42 Å². The fraction of sp³-hybridized carbons (Fsp3) is 0.250. The Morgan fingerprint density at radius 1 is 1.44 bits per heavy atom. The smallest absolute Gasteiger partial charge is 0.149 e. The molecule has 1 N–H and O–H groups in total. The van der Waals surface area contributed by atoms with E-state index in [2.05, 4.69) is 39.2 Å². The average molecular weight is 281 g/mol. The minimum absolute atomic E-state index is 0.825. The van der Waals surface area contributed by atoms with Gasteiger partial charge in [-0.25, -0.2) is 0 Å². The molecule has 0 fully saturated rings. The highest BCUT2D eigenvalue weighted by Crippen LogP contribution is 2.28. The number of rotatable bonds is 4. The van der Waals surface area contributed by atoms with Gasteiger partial charge < -0.3 is 9.73 Å². The summed E-state index contributed by atoms with van der Waals surface area (Å²) in [5, 5.41) is 3.27. The van der Waals surface area contributed by atoms with Crippen molar-refractivity contribution < 1.29 is 4.42 Å². The highest BCUT2D eigenvalue weighted by molar-refractivity contribution is 9.10. The summed E-state index contributed by atoms with van der Waals surface area (Å²) < 4.78 is 6.36. The molecule has 0 aliphatic rings. The molecule has 2 aromatic rings. The van der Waals surface area contributed by atoms with Crippen LogP contribution in [0.15, 0.2) is 39.7 Å². The number of nitrogens with zero attached hydrogens (tertiary/aromatic N) is 1. The van der Waals surface area contributed by atoms with Crippen molar-refractivity contribution >= 4 is 15.9 Å². The lowest BCUT2D eigenvalue weighted by atomic mass is 10.1. The molecule has 0 aliphatic carbocycles. The Balaban J connectivity index is 2.26. The Bertz CT molecular complexity index is 468. The molecule has 0 aromatic carbocycles. The molecular formula is C12H13BrN2O. The van der Waals surface area contributed by atoms with Crippen LogP contribution in [0.4, 0.5) is 0 Å². The molecular weight excluding hydrogens is 268 g/mol. The average Bonchev–Trinajstić information content (AvgIpc) is 2.73. The molecule has 16 heavy (non-hydrogen) atoms. The van der Waals surface area contributed by atoms with Gasteiger partial charge in [-0.15, -0.1) is 0 Å². The number of furan rings is 1. The number of hydrogen-bond donors (Lipinski definition) is 1. The molecule has 2 aromatic heterocycles. The van der Waals surface area contributed by atoms with Gasteiger partial charge in [0.1, 0.15) is 5.76 Å². The molecule has 84 valence electrons. The molecule has 2 rings (SSSR count). The number of hydrogen-bond acceptors (Lipinski definition) is 3. The molecule has 3 nitrogen and oxygen atoms in total. The van der Waals surface area contributed by atoms with Crippen LogP contribution in [0.3, 0.4) is 0 Å². The van der Waals surface area contributed by atoms with Crippen molar-refractivity contribution in [3.8, 4) is 11.3 Å². The van der Waals surface area contributed by atoms with Gasteiger partial charge in [-0.1, -0.05) is 6.92 Å². The lowest BCUT2D eigenvalue weighted by Crippen LogP contribution is -2.11. The molecule has 0 atom stereocenters. The van der Waals surface area contributed by atoms with E-state index in [1.165, 1.54) is 0 Å². The fourth-order valence-electron chi connectivity index (χ4n) is 1.48. The quantitative estimate of drug-likeness (QED) is 0.935. The van der Waals surface area contributed by atoms with E-state index in [0.29, 0.717) is 0 Å². The van der Waals surface area contributed by atoms with Crippen LogP contribution in [0, 0.1) is 0 Å². The van der Waals surface area contributed by atoms with E-state index >= 15 is 0 Å². The van der Waals surface area contributed by atoms with Gasteiger partial charge in [0.05, 0.1) is 10.7 Å². The first-order valence-electron chi connectivity index (χ1n) is 5.19. The summed E-state index contributed by atoms with van der Waals surface area (Å²) >= 11 is 3.44. The van der Waals surface area contributed by atoms with E-state index in [-0.39, 0.29) is 0 Å². The van der Waals surface area contributed by atoms with E-state index in [1.54, 1.807) is 12.5 Å². The second-order valence-electron chi connectivity index (χ2n) is 3.46. The van der Waals surface area contributed by atoms with Crippen LogP contribution in [0.25, 0.3) is 11.3 Å². The molecule has 0 spiro atoms. The lowest BCUT2D eigenvalue weighted by molar-refractivity contribution is 0.580. The predicted octanol–water partition coefficient (Wildman–Crippen LogP) is 3.21. The van der Waals surface area contributed by atoms with Crippen molar-refractivity contribution in [1.82, 2.24) is 10.3 Å². The second-order valence-corrected chi connectivity index (χ2v) is 4.31. The van der Waals surface area contributed by atoms with Crippen molar-refractivity contribution in [2.24, 2.45) is 0 Å². The van der Waals surface area contributed by atoms with Gasteiger partial charge in [-0.2, -0.15) is 0 Å². The van der Waals surface area contributed by atoms with Crippen LogP contribution < -0.4 is 5.32 Å². The van der Waals surface area contributed by atoms with Gasteiger partial charge >= 0.3 is 0 Å². The molecule has 0 saturated heterocycles. The Labute approximate surface area is 103 Å². The first-order valence-corrected chi connectivity index (χ1v) is 5.98. The SMILES string of the molecule is CCNCc1cncc(-c2occc2Br)c1. The third-order valence-corrected chi connectivity index (χ3v) is 2.88. The highest BCUT2D eigenvalue weighted by Gasteiger charge is 2.07. The van der Waals surface area contributed by atoms with E-state index in [1.807, 2.05) is 12.3 Å². The normalized spacial score (nSPS) is 10.6. The van der Waals surface area contributed by atoms with Crippen LogP contribution in [0.1, 0.15) is 12.5 Å². The predicted molar refractivity (Wildman–Crippen MR) is 67.0 cm³/mol. The number of aromatic nitrogens is 1. The van der Waals surface area contributed by atoms with E-state index in [9.17, 15) is 0 Å². The van der Waals surface area contributed by atoms with Gasteiger partial charge in [0.15, 0.2) is 0 Å². The highest BCUT2D eigenvalue weighted by atomic mass is 79.9. The molecule has 0 radical (unpaired) electrons. The van der Waals surface area contributed by atoms with E-state index in [0.717, 1.165) is 34.4 Å².